The third-order valence-electron chi connectivity index (χ3n) is 4.43. The SMILES string of the molecule is CC.Cc1ccc(Nc2c(C(=O)N3CC(NC(=O)CN)C3)ccc(F)c2F)c(F)c1. The van der Waals surface area contributed by atoms with E-state index in [1.54, 1.807) is 13.0 Å². The molecule has 2 aromatic carbocycles. The summed E-state index contributed by atoms with van der Waals surface area (Å²) in [6.45, 7) is 5.95. The minimum atomic E-state index is -1.28. The van der Waals surface area contributed by atoms with Gasteiger partial charge in [-0.05, 0) is 36.8 Å². The van der Waals surface area contributed by atoms with Crippen molar-refractivity contribution in [3.8, 4) is 0 Å². The van der Waals surface area contributed by atoms with Crippen molar-refractivity contribution in [3.63, 3.8) is 0 Å². The van der Waals surface area contributed by atoms with Gasteiger partial charge < -0.3 is 21.3 Å². The van der Waals surface area contributed by atoms with Gasteiger partial charge >= 0.3 is 0 Å². The van der Waals surface area contributed by atoms with Crippen molar-refractivity contribution in [1.29, 1.82) is 0 Å². The van der Waals surface area contributed by atoms with E-state index in [2.05, 4.69) is 10.6 Å². The van der Waals surface area contributed by atoms with Gasteiger partial charge in [-0.1, -0.05) is 19.9 Å². The normalized spacial score (nSPS) is 13.1. The molecule has 0 aliphatic carbocycles. The van der Waals surface area contributed by atoms with Gasteiger partial charge in [0.25, 0.3) is 5.91 Å². The van der Waals surface area contributed by atoms with E-state index < -0.39 is 29.0 Å². The average Bonchev–Trinajstić information content (AvgIpc) is 2.70. The van der Waals surface area contributed by atoms with Crippen molar-refractivity contribution in [3.05, 3.63) is 58.9 Å². The molecular weight excluding hydrogens is 397 g/mol. The summed E-state index contributed by atoms with van der Waals surface area (Å²) in [6.07, 6.45) is 0. The molecule has 2 aromatic rings. The molecule has 1 aliphatic heterocycles. The average molecular weight is 422 g/mol. The van der Waals surface area contributed by atoms with Crippen molar-refractivity contribution < 1.29 is 22.8 Å². The lowest BCUT2D eigenvalue weighted by molar-refractivity contribution is -0.121. The van der Waals surface area contributed by atoms with E-state index in [1.807, 2.05) is 13.8 Å². The van der Waals surface area contributed by atoms with Crippen molar-refractivity contribution >= 4 is 23.2 Å². The third kappa shape index (κ3) is 5.10. The molecule has 0 saturated carbocycles. The number of carbonyl (C=O) groups excluding carboxylic acids is 2. The van der Waals surface area contributed by atoms with Crippen LogP contribution in [0.4, 0.5) is 24.5 Å². The third-order valence-corrected chi connectivity index (χ3v) is 4.43. The monoisotopic (exact) mass is 422 g/mol. The van der Waals surface area contributed by atoms with Crippen LogP contribution in [-0.4, -0.2) is 42.4 Å². The summed E-state index contributed by atoms with van der Waals surface area (Å²) in [4.78, 5) is 25.4. The molecule has 1 heterocycles. The molecule has 1 aliphatic rings. The van der Waals surface area contributed by atoms with Crippen LogP contribution in [0.15, 0.2) is 30.3 Å². The summed E-state index contributed by atoms with van der Waals surface area (Å²) in [5.41, 5.74) is 5.22. The number of likely N-dealkylation sites (tertiary alicyclic amines) is 1. The summed E-state index contributed by atoms with van der Waals surface area (Å²) >= 11 is 0. The van der Waals surface area contributed by atoms with E-state index >= 15 is 0 Å². The van der Waals surface area contributed by atoms with Gasteiger partial charge in [-0.15, -0.1) is 0 Å². The van der Waals surface area contributed by atoms with Gasteiger partial charge in [0, 0.05) is 13.1 Å². The zero-order valence-electron chi connectivity index (χ0n) is 17.1. The van der Waals surface area contributed by atoms with Crippen LogP contribution < -0.4 is 16.4 Å². The first-order chi connectivity index (χ1) is 14.3. The first-order valence-electron chi connectivity index (χ1n) is 9.60. The summed E-state index contributed by atoms with van der Waals surface area (Å²) in [5.74, 6) is -4.01. The smallest absolute Gasteiger partial charge is 0.256 e. The first-order valence-corrected chi connectivity index (χ1v) is 9.60. The zero-order chi connectivity index (χ0) is 22.4. The number of anilines is 2. The van der Waals surface area contributed by atoms with Crippen LogP contribution in [-0.2, 0) is 4.79 Å². The second-order valence-electron chi connectivity index (χ2n) is 6.57. The Morgan fingerprint density at radius 2 is 1.77 bits per heavy atom. The number of aryl methyl sites for hydroxylation is 1. The molecule has 3 rings (SSSR count). The van der Waals surface area contributed by atoms with Crippen molar-refractivity contribution in [2.24, 2.45) is 5.73 Å². The number of hydrogen-bond donors (Lipinski definition) is 3. The molecule has 4 N–H and O–H groups in total. The molecular formula is C21H25F3N4O2. The van der Waals surface area contributed by atoms with Gasteiger partial charge in [-0.25, -0.2) is 13.2 Å². The van der Waals surface area contributed by atoms with E-state index in [4.69, 9.17) is 5.73 Å². The van der Waals surface area contributed by atoms with Crippen molar-refractivity contribution in [2.45, 2.75) is 26.8 Å². The summed E-state index contributed by atoms with van der Waals surface area (Å²) in [7, 11) is 0. The van der Waals surface area contributed by atoms with Crippen molar-refractivity contribution in [1.82, 2.24) is 10.2 Å². The van der Waals surface area contributed by atoms with Crippen molar-refractivity contribution in [2.75, 3.05) is 25.0 Å². The second-order valence-corrected chi connectivity index (χ2v) is 6.57. The summed E-state index contributed by atoms with van der Waals surface area (Å²) in [6, 6.07) is 5.95. The van der Waals surface area contributed by atoms with E-state index in [0.717, 1.165) is 12.1 Å². The van der Waals surface area contributed by atoms with Crippen LogP contribution in [0, 0.1) is 24.4 Å². The number of rotatable bonds is 5. The lowest BCUT2D eigenvalue weighted by Gasteiger charge is -2.39. The Hall–Kier alpha value is -3.07. The Balaban J connectivity index is 0.00000155. The Labute approximate surface area is 173 Å². The lowest BCUT2D eigenvalue weighted by Crippen LogP contribution is -2.61. The molecule has 0 spiro atoms. The molecule has 9 heteroatoms. The Morgan fingerprint density at radius 1 is 1.10 bits per heavy atom. The second kappa shape index (κ2) is 10.1. The van der Waals surface area contributed by atoms with Crippen LogP contribution in [0.5, 0.6) is 0 Å². The molecule has 0 atom stereocenters. The fraction of sp³-hybridized carbons (Fsp3) is 0.333. The number of amides is 2. The molecule has 0 bridgehead atoms. The molecule has 30 heavy (non-hydrogen) atoms. The molecule has 0 unspecified atom stereocenters. The van der Waals surface area contributed by atoms with Crippen LogP contribution >= 0.6 is 0 Å². The maximum absolute atomic E-state index is 14.4. The fourth-order valence-corrected chi connectivity index (χ4v) is 2.90. The number of nitrogens with two attached hydrogens (primary N) is 1. The van der Waals surface area contributed by atoms with E-state index in [1.165, 1.54) is 17.0 Å². The van der Waals surface area contributed by atoms with Gasteiger partial charge in [0.05, 0.1) is 29.5 Å². The van der Waals surface area contributed by atoms with Crippen LogP contribution in [0.25, 0.3) is 0 Å². The van der Waals surface area contributed by atoms with Gasteiger partial charge in [0.1, 0.15) is 5.82 Å². The predicted octanol–water partition coefficient (Wildman–Crippen LogP) is 3.08. The minimum Gasteiger partial charge on any atom is -0.350 e. The molecule has 1 fully saturated rings. The van der Waals surface area contributed by atoms with Crippen LogP contribution in [0.2, 0.25) is 0 Å². The number of benzene rings is 2. The molecule has 0 aromatic heterocycles. The largest absolute Gasteiger partial charge is 0.350 e. The number of halogens is 3. The van der Waals surface area contributed by atoms with Gasteiger partial charge in [-0.3, -0.25) is 9.59 Å². The van der Waals surface area contributed by atoms with E-state index in [-0.39, 0.29) is 42.8 Å². The predicted molar refractivity (Wildman–Crippen MR) is 109 cm³/mol. The molecule has 6 nitrogen and oxygen atoms in total. The standard InChI is InChI=1S/C19H19F3N4O2.C2H6/c1-10-2-5-15(14(21)6-10)25-18-12(3-4-13(20)17(18)22)19(28)26-8-11(9-26)24-16(27)7-23;1-2/h2-6,11,25H,7-9,23H2,1H3,(H,24,27);1-2H3. The fourth-order valence-electron chi connectivity index (χ4n) is 2.90. The highest BCUT2D eigenvalue weighted by molar-refractivity contribution is 6.01. The first kappa shape index (κ1) is 23.2. The number of hydrogen-bond acceptors (Lipinski definition) is 4. The molecule has 162 valence electrons. The Morgan fingerprint density at radius 3 is 2.37 bits per heavy atom. The maximum atomic E-state index is 14.4. The summed E-state index contributed by atoms with van der Waals surface area (Å²) < 4.78 is 42.3. The summed E-state index contributed by atoms with van der Waals surface area (Å²) in [5, 5.41) is 5.12. The highest BCUT2D eigenvalue weighted by atomic mass is 19.2. The van der Waals surface area contributed by atoms with Crippen LogP contribution in [0.1, 0.15) is 29.8 Å². The molecule has 0 radical (unpaired) electrons. The van der Waals surface area contributed by atoms with Crippen LogP contribution in [0.3, 0.4) is 0 Å². The Kier molecular flexibility index (Phi) is 7.82. The number of carbonyl (C=O) groups is 2. The molecule has 2 amide bonds. The number of nitrogens with zero attached hydrogens (tertiary/aromatic N) is 1. The molecule has 1 saturated heterocycles. The zero-order valence-corrected chi connectivity index (χ0v) is 17.1. The minimum absolute atomic E-state index is 0.0826. The lowest BCUT2D eigenvalue weighted by atomic mass is 10.0. The van der Waals surface area contributed by atoms with E-state index in [9.17, 15) is 22.8 Å². The maximum Gasteiger partial charge on any atom is 0.256 e. The quantitative estimate of drug-likeness (QED) is 0.691. The number of nitrogens with one attached hydrogen (secondary N) is 2. The van der Waals surface area contributed by atoms with Gasteiger partial charge in [0.2, 0.25) is 5.91 Å². The van der Waals surface area contributed by atoms with Gasteiger partial charge in [-0.2, -0.15) is 0 Å². The highest BCUT2D eigenvalue weighted by Gasteiger charge is 2.34. The highest BCUT2D eigenvalue weighted by Crippen LogP contribution is 2.30. The topological polar surface area (TPSA) is 87.5 Å². The Bertz CT molecular complexity index is 931. The van der Waals surface area contributed by atoms with Gasteiger partial charge in [0.15, 0.2) is 11.6 Å². The van der Waals surface area contributed by atoms with E-state index in [0.29, 0.717) is 5.56 Å².